The summed E-state index contributed by atoms with van der Waals surface area (Å²) in [6.07, 6.45) is 1.73. The molecule has 0 aromatic rings. The number of hydrogen-bond donors (Lipinski definition) is 1. The Balaban J connectivity index is 3.47. The van der Waals surface area contributed by atoms with Crippen molar-refractivity contribution in [3.8, 4) is 0 Å². The van der Waals surface area contributed by atoms with Crippen LogP contribution in [0.3, 0.4) is 0 Å². The highest BCUT2D eigenvalue weighted by molar-refractivity contribution is 7.81. The lowest BCUT2D eigenvalue weighted by molar-refractivity contribution is -0.149. The van der Waals surface area contributed by atoms with E-state index in [0.717, 1.165) is 0 Å². The van der Waals surface area contributed by atoms with Gasteiger partial charge in [0.25, 0.3) is 0 Å². The molecule has 0 unspecified atom stereocenters. The second kappa shape index (κ2) is 8.90. The Morgan fingerprint density at radius 1 is 1.16 bits per heavy atom. The van der Waals surface area contributed by atoms with Crippen molar-refractivity contribution in [1.82, 2.24) is 0 Å². The summed E-state index contributed by atoms with van der Waals surface area (Å²) >= 11 is 2.93. The maximum absolute atomic E-state index is 12.4. The molecule has 0 atom stereocenters. The van der Waals surface area contributed by atoms with Crippen LogP contribution >= 0.6 is 12.6 Å². The fourth-order valence-electron chi connectivity index (χ4n) is 1.06. The van der Waals surface area contributed by atoms with E-state index < -0.39 is 23.7 Å². The van der Waals surface area contributed by atoms with Gasteiger partial charge in [-0.1, -0.05) is 13.2 Å². The van der Waals surface area contributed by atoms with Gasteiger partial charge in [0.05, 0.1) is 6.61 Å². The number of carbonyl (C=O) groups is 1. The highest BCUT2D eigenvalue weighted by atomic mass is 32.1. The molecule has 0 N–H and O–H groups in total. The molecule has 0 radical (unpaired) electrons. The van der Waals surface area contributed by atoms with Gasteiger partial charge in [-0.2, -0.15) is 8.78 Å². The minimum Gasteiger partial charge on any atom is -0.491 e. The molecule has 0 spiro atoms. The van der Waals surface area contributed by atoms with Gasteiger partial charge in [0.15, 0.2) is 12.4 Å². The van der Waals surface area contributed by atoms with E-state index in [-0.39, 0.29) is 18.8 Å². The van der Waals surface area contributed by atoms with Crippen LogP contribution in [-0.2, 0) is 14.3 Å². The number of unbranched alkanes of at least 4 members (excludes halogenated alkanes) is 2. The van der Waals surface area contributed by atoms with Gasteiger partial charge in [-0.05, 0) is 19.3 Å². The highest BCUT2D eigenvalue weighted by Gasteiger charge is 2.24. The van der Waals surface area contributed by atoms with Crippen LogP contribution in [0.15, 0.2) is 24.7 Å². The van der Waals surface area contributed by atoms with Crippen molar-refractivity contribution in [2.75, 3.05) is 13.2 Å². The summed E-state index contributed by atoms with van der Waals surface area (Å²) < 4.78 is 46.1. The molecule has 0 aliphatic carbocycles. The first kappa shape index (κ1) is 17.9. The number of esters is 1. The molecule has 0 aromatic heterocycles. The van der Waals surface area contributed by atoms with Crippen LogP contribution in [0.1, 0.15) is 25.7 Å². The van der Waals surface area contributed by atoms with Crippen molar-refractivity contribution in [3.63, 3.8) is 0 Å². The number of thiol groups is 1. The Morgan fingerprint density at radius 2 is 1.79 bits per heavy atom. The first-order chi connectivity index (χ1) is 8.72. The predicted octanol–water partition coefficient (Wildman–Crippen LogP) is 3.63. The predicted molar refractivity (Wildman–Crippen MR) is 68.7 cm³/mol. The van der Waals surface area contributed by atoms with Crippen LogP contribution in [-0.4, -0.2) is 24.4 Å². The van der Waals surface area contributed by atoms with Gasteiger partial charge in [-0.25, -0.2) is 4.39 Å². The third kappa shape index (κ3) is 11.7. The van der Waals surface area contributed by atoms with Gasteiger partial charge in [-0.15, -0.1) is 12.6 Å². The van der Waals surface area contributed by atoms with Crippen LogP contribution in [0.4, 0.5) is 13.2 Å². The van der Waals surface area contributed by atoms with Gasteiger partial charge in [-0.3, -0.25) is 4.79 Å². The van der Waals surface area contributed by atoms with Gasteiger partial charge in [0.2, 0.25) is 0 Å². The van der Waals surface area contributed by atoms with E-state index in [2.05, 4.69) is 30.5 Å². The number of allylic oxidation sites excluding steroid dienone is 1. The van der Waals surface area contributed by atoms with E-state index in [1.54, 1.807) is 0 Å². The van der Waals surface area contributed by atoms with Crippen LogP contribution in [0.5, 0.6) is 0 Å². The van der Waals surface area contributed by atoms with E-state index in [1.807, 2.05) is 0 Å². The van der Waals surface area contributed by atoms with Crippen molar-refractivity contribution in [2.45, 2.75) is 30.9 Å². The molecule has 110 valence electrons. The van der Waals surface area contributed by atoms with Crippen molar-refractivity contribution in [1.29, 1.82) is 0 Å². The number of alkyl halides is 2. The number of hydrogen-bond acceptors (Lipinski definition) is 4. The van der Waals surface area contributed by atoms with Gasteiger partial charge >= 0.3 is 11.2 Å². The van der Waals surface area contributed by atoms with Crippen molar-refractivity contribution >= 4 is 18.6 Å². The lowest BCUT2D eigenvalue weighted by Crippen LogP contribution is -2.19. The molecular formula is C12H17F3O3S. The van der Waals surface area contributed by atoms with Crippen LogP contribution in [0.2, 0.25) is 0 Å². The Morgan fingerprint density at radius 3 is 2.32 bits per heavy atom. The van der Waals surface area contributed by atoms with E-state index in [9.17, 15) is 18.0 Å². The number of carbonyl (C=O) groups excluding carboxylic acids is 1. The smallest absolute Gasteiger partial charge is 0.324 e. The summed E-state index contributed by atoms with van der Waals surface area (Å²) in [5.74, 6) is -1.54. The maximum atomic E-state index is 12.4. The number of ether oxygens (including phenoxy) is 2. The van der Waals surface area contributed by atoms with Gasteiger partial charge < -0.3 is 9.47 Å². The summed E-state index contributed by atoms with van der Waals surface area (Å²) in [7, 11) is 0. The van der Waals surface area contributed by atoms with Gasteiger partial charge in [0.1, 0.15) is 5.76 Å². The summed E-state index contributed by atoms with van der Waals surface area (Å²) in [5.41, 5.74) is 0. The Labute approximate surface area is 115 Å². The zero-order chi connectivity index (χ0) is 14.9. The molecular weight excluding hydrogens is 281 g/mol. The first-order valence-electron chi connectivity index (χ1n) is 5.64. The molecule has 0 aromatic carbocycles. The molecule has 0 heterocycles. The molecule has 0 aliphatic heterocycles. The second-order valence-electron chi connectivity index (χ2n) is 3.81. The summed E-state index contributed by atoms with van der Waals surface area (Å²) in [5, 5.41) is -3.31. The molecule has 7 heteroatoms. The van der Waals surface area contributed by atoms with Crippen LogP contribution < -0.4 is 0 Å². The molecule has 0 amide bonds. The quantitative estimate of drug-likeness (QED) is 0.220. The Hall–Kier alpha value is -1.11. The average Bonchev–Trinajstić information content (AvgIpc) is 2.29. The molecule has 0 rings (SSSR count). The third-order valence-electron chi connectivity index (χ3n) is 2.01. The largest absolute Gasteiger partial charge is 0.491 e. The van der Waals surface area contributed by atoms with E-state index >= 15 is 0 Å². The van der Waals surface area contributed by atoms with Crippen molar-refractivity contribution in [3.05, 3.63) is 24.7 Å². The van der Waals surface area contributed by atoms with E-state index in [0.29, 0.717) is 19.3 Å². The topological polar surface area (TPSA) is 35.5 Å². The maximum Gasteiger partial charge on any atom is 0.324 e. The minimum atomic E-state index is -3.31. The average molecular weight is 298 g/mol. The number of halogens is 3. The summed E-state index contributed by atoms with van der Waals surface area (Å²) in [6.45, 7) is 5.54. The Kier molecular flexibility index (Phi) is 8.38. The van der Waals surface area contributed by atoms with E-state index in [4.69, 9.17) is 4.74 Å². The SMILES string of the molecule is C=C(F)C(=C)OCCCCCC(=O)OCC(F)(F)S. The second-order valence-corrected chi connectivity index (χ2v) is 4.47. The Bertz CT molecular complexity index is 327. The summed E-state index contributed by atoms with van der Waals surface area (Å²) in [4.78, 5) is 11.0. The molecule has 0 saturated carbocycles. The normalized spacial score (nSPS) is 10.9. The number of rotatable bonds is 10. The molecule has 0 fully saturated rings. The van der Waals surface area contributed by atoms with Crippen LogP contribution in [0, 0.1) is 0 Å². The molecule has 0 bridgehead atoms. The molecule has 0 saturated heterocycles. The summed E-state index contributed by atoms with van der Waals surface area (Å²) in [6, 6.07) is 0. The highest BCUT2D eigenvalue weighted by Crippen LogP contribution is 2.18. The zero-order valence-corrected chi connectivity index (χ0v) is 11.4. The molecule has 0 aliphatic rings. The molecule has 3 nitrogen and oxygen atoms in total. The molecule has 19 heavy (non-hydrogen) atoms. The fourth-order valence-corrected chi connectivity index (χ4v) is 1.13. The van der Waals surface area contributed by atoms with Crippen molar-refractivity contribution < 1.29 is 27.4 Å². The van der Waals surface area contributed by atoms with Crippen LogP contribution in [0.25, 0.3) is 0 Å². The zero-order valence-electron chi connectivity index (χ0n) is 10.5. The van der Waals surface area contributed by atoms with E-state index in [1.165, 1.54) is 0 Å². The lowest BCUT2D eigenvalue weighted by atomic mass is 10.2. The van der Waals surface area contributed by atoms with Gasteiger partial charge in [0, 0.05) is 6.42 Å². The fraction of sp³-hybridized carbons (Fsp3) is 0.583. The lowest BCUT2D eigenvalue weighted by Gasteiger charge is -2.10. The first-order valence-corrected chi connectivity index (χ1v) is 6.09. The third-order valence-corrected chi connectivity index (χ3v) is 2.14. The standard InChI is InChI=1S/C12H17F3O3S/c1-9(13)10(2)17-7-5-3-4-6-11(16)18-8-12(14,15)19/h19H,1-8H2. The monoisotopic (exact) mass is 298 g/mol. The van der Waals surface area contributed by atoms with Crippen molar-refractivity contribution in [2.24, 2.45) is 0 Å². The minimum absolute atomic E-state index is 0.0423.